The second-order valence-corrected chi connectivity index (χ2v) is 4.84. The van der Waals surface area contributed by atoms with Crippen LogP contribution in [-0.4, -0.2) is 20.3 Å². The van der Waals surface area contributed by atoms with Gasteiger partial charge in [-0.1, -0.05) is 22.0 Å². The first-order valence-corrected chi connectivity index (χ1v) is 6.86. The van der Waals surface area contributed by atoms with Crippen molar-refractivity contribution < 1.29 is 9.47 Å². The second kappa shape index (κ2) is 7.04. The van der Waals surface area contributed by atoms with E-state index in [1.807, 2.05) is 55.6 Å². The molecule has 0 atom stereocenters. The summed E-state index contributed by atoms with van der Waals surface area (Å²) in [6, 6.07) is 15.6. The molecule has 0 saturated heterocycles. The molecule has 2 aromatic rings. The van der Waals surface area contributed by atoms with E-state index in [0.29, 0.717) is 13.2 Å². The van der Waals surface area contributed by atoms with Gasteiger partial charge in [-0.3, -0.25) is 0 Å². The molecule has 4 heteroatoms. The van der Waals surface area contributed by atoms with Crippen LogP contribution >= 0.6 is 15.9 Å². The highest BCUT2D eigenvalue weighted by molar-refractivity contribution is 9.10. The van der Waals surface area contributed by atoms with Crippen molar-refractivity contribution in [3.63, 3.8) is 0 Å². The fourth-order valence-corrected chi connectivity index (χ4v) is 1.97. The molecule has 0 unspecified atom stereocenters. The third-order valence-corrected chi connectivity index (χ3v) is 3.05. The Kier molecular flexibility index (Phi) is 5.10. The fraction of sp³-hybridized carbons (Fsp3) is 0.200. The zero-order valence-corrected chi connectivity index (χ0v) is 12.3. The summed E-state index contributed by atoms with van der Waals surface area (Å²) < 4.78 is 12.2. The average Bonchev–Trinajstić information content (AvgIpc) is 2.44. The predicted octanol–water partition coefficient (Wildman–Crippen LogP) is 3.95. The van der Waals surface area contributed by atoms with Gasteiger partial charge in [0, 0.05) is 17.2 Å². The van der Waals surface area contributed by atoms with Gasteiger partial charge in [0.05, 0.1) is 0 Å². The minimum Gasteiger partial charge on any atom is -0.490 e. The van der Waals surface area contributed by atoms with E-state index in [1.165, 1.54) is 0 Å². The summed E-state index contributed by atoms with van der Waals surface area (Å²) in [4.78, 5) is 0. The van der Waals surface area contributed by atoms with Crippen LogP contribution in [-0.2, 0) is 0 Å². The first-order chi connectivity index (χ1) is 9.28. The summed E-state index contributed by atoms with van der Waals surface area (Å²) in [7, 11) is 1.89. The van der Waals surface area contributed by atoms with Gasteiger partial charge in [0.2, 0.25) is 0 Å². The second-order valence-electron chi connectivity index (χ2n) is 3.93. The quantitative estimate of drug-likeness (QED) is 0.817. The van der Waals surface area contributed by atoms with E-state index >= 15 is 0 Å². The van der Waals surface area contributed by atoms with Crippen molar-refractivity contribution in [2.75, 3.05) is 25.6 Å². The van der Waals surface area contributed by atoms with Gasteiger partial charge >= 0.3 is 0 Å². The van der Waals surface area contributed by atoms with Crippen LogP contribution in [0, 0.1) is 0 Å². The zero-order valence-electron chi connectivity index (χ0n) is 10.7. The van der Waals surface area contributed by atoms with Crippen molar-refractivity contribution in [3.8, 4) is 11.5 Å². The third-order valence-electron chi connectivity index (χ3n) is 2.56. The van der Waals surface area contributed by atoms with E-state index < -0.39 is 0 Å². The van der Waals surface area contributed by atoms with Crippen molar-refractivity contribution in [2.24, 2.45) is 0 Å². The molecule has 0 amide bonds. The number of ether oxygens (including phenoxy) is 2. The minimum absolute atomic E-state index is 0.518. The molecule has 0 heterocycles. The number of benzene rings is 2. The smallest absolute Gasteiger partial charge is 0.122 e. The van der Waals surface area contributed by atoms with Crippen LogP contribution in [0.2, 0.25) is 0 Å². The fourth-order valence-electron chi connectivity index (χ4n) is 1.59. The Morgan fingerprint density at radius 1 is 0.947 bits per heavy atom. The van der Waals surface area contributed by atoms with Crippen LogP contribution < -0.4 is 14.8 Å². The van der Waals surface area contributed by atoms with E-state index in [9.17, 15) is 0 Å². The predicted molar refractivity (Wildman–Crippen MR) is 81.1 cm³/mol. The van der Waals surface area contributed by atoms with Crippen molar-refractivity contribution >= 4 is 21.6 Å². The molecular weight excluding hydrogens is 306 g/mol. The Morgan fingerprint density at radius 2 is 1.63 bits per heavy atom. The molecule has 2 rings (SSSR count). The molecule has 0 fully saturated rings. The Morgan fingerprint density at radius 3 is 2.26 bits per heavy atom. The number of hydrogen-bond donors (Lipinski definition) is 1. The van der Waals surface area contributed by atoms with Gasteiger partial charge in [-0.2, -0.15) is 0 Å². The lowest BCUT2D eigenvalue weighted by molar-refractivity contribution is 0.217. The van der Waals surface area contributed by atoms with Gasteiger partial charge in [-0.15, -0.1) is 0 Å². The van der Waals surface area contributed by atoms with Crippen LogP contribution in [0.1, 0.15) is 0 Å². The third kappa shape index (κ3) is 4.48. The van der Waals surface area contributed by atoms with E-state index in [4.69, 9.17) is 9.47 Å². The Labute approximate surface area is 121 Å². The molecule has 0 aliphatic rings. The largest absolute Gasteiger partial charge is 0.490 e. The normalized spacial score (nSPS) is 10.0. The summed E-state index contributed by atoms with van der Waals surface area (Å²) in [5, 5.41) is 3.06. The number of nitrogens with one attached hydrogen (secondary N) is 1. The van der Waals surface area contributed by atoms with Gasteiger partial charge in [-0.05, 0) is 42.5 Å². The molecule has 1 N–H and O–H groups in total. The zero-order chi connectivity index (χ0) is 13.5. The summed E-state index contributed by atoms with van der Waals surface area (Å²) >= 11 is 3.40. The van der Waals surface area contributed by atoms with Crippen LogP contribution in [0.15, 0.2) is 53.0 Å². The molecule has 0 aromatic heterocycles. The maximum Gasteiger partial charge on any atom is 0.122 e. The first-order valence-electron chi connectivity index (χ1n) is 6.07. The molecule has 2 aromatic carbocycles. The van der Waals surface area contributed by atoms with Crippen molar-refractivity contribution in [3.05, 3.63) is 53.0 Å². The highest BCUT2D eigenvalue weighted by atomic mass is 79.9. The number of anilines is 1. The standard InChI is InChI=1S/C15H16BrNO2/c1-17-13-5-7-14(8-6-13)18-9-10-19-15-4-2-3-12(16)11-15/h2-8,11,17H,9-10H2,1H3. The summed E-state index contributed by atoms with van der Waals surface area (Å²) in [6.07, 6.45) is 0. The van der Waals surface area contributed by atoms with E-state index in [2.05, 4.69) is 21.2 Å². The monoisotopic (exact) mass is 321 g/mol. The molecule has 0 aliphatic heterocycles. The van der Waals surface area contributed by atoms with Crippen molar-refractivity contribution in [1.82, 2.24) is 0 Å². The Hall–Kier alpha value is -1.68. The van der Waals surface area contributed by atoms with Crippen LogP contribution in [0.5, 0.6) is 11.5 Å². The number of rotatable bonds is 6. The van der Waals surface area contributed by atoms with Crippen molar-refractivity contribution in [2.45, 2.75) is 0 Å². The summed E-state index contributed by atoms with van der Waals surface area (Å²) in [5.41, 5.74) is 1.07. The van der Waals surface area contributed by atoms with Crippen LogP contribution in [0.3, 0.4) is 0 Å². The minimum atomic E-state index is 0.518. The highest BCUT2D eigenvalue weighted by Gasteiger charge is 1.97. The summed E-state index contributed by atoms with van der Waals surface area (Å²) in [5.74, 6) is 1.68. The molecule has 0 bridgehead atoms. The Bertz CT molecular complexity index is 514. The molecule has 0 saturated carbocycles. The maximum absolute atomic E-state index is 5.59. The van der Waals surface area contributed by atoms with E-state index in [1.54, 1.807) is 0 Å². The number of halogens is 1. The van der Waals surface area contributed by atoms with E-state index in [0.717, 1.165) is 21.7 Å². The van der Waals surface area contributed by atoms with Crippen LogP contribution in [0.4, 0.5) is 5.69 Å². The lowest BCUT2D eigenvalue weighted by Gasteiger charge is -2.09. The van der Waals surface area contributed by atoms with Gasteiger partial charge in [0.25, 0.3) is 0 Å². The molecule has 0 aliphatic carbocycles. The topological polar surface area (TPSA) is 30.5 Å². The highest BCUT2D eigenvalue weighted by Crippen LogP contribution is 2.18. The molecule has 100 valence electrons. The molecule has 0 spiro atoms. The van der Waals surface area contributed by atoms with Gasteiger partial charge < -0.3 is 14.8 Å². The molecule has 0 radical (unpaired) electrons. The first kappa shape index (κ1) is 13.7. The van der Waals surface area contributed by atoms with Gasteiger partial charge in [0.15, 0.2) is 0 Å². The average molecular weight is 322 g/mol. The molecule has 19 heavy (non-hydrogen) atoms. The lowest BCUT2D eigenvalue weighted by Crippen LogP contribution is -2.08. The number of hydrogen-bond acceptors (Lipinski definition) is 3. The SMILES string of the molecule is CNc1ccc(OCCOc2cccc(Br)c2)cc1. The van der Waals surface area contributed by atoms with Crippen LogP contribution in [0.25, 0.3) is 0 Å². The van der Waals surface area contributed by atoms with Gasteiger partial charge in [-0.25, -0.2) is 0 Å². The molecular formula is C15H16BrNO2. The lowest BCUT2D eigenvalue weighted by atomic mass is 10.3. The van der Waals surface area contributed by atoms with Crippen molar-refractivity contribution in [1.29, 1.82) is 0 Å². The van der Waals surface area contributed by atoms with Gasteiger partial charge in [0.1, 0.15) is 24.7 Å². The Balaban J connectivity index is 1.74. The summed E-state index contributed by atoms with van der Waals surface area (Å²) in [6.45, 7) is 1.04. The maximum atomic E-state index is 5.59. The molecule has 3 nitrogen and oxygen atoms in total. The van der Waals surface area contributed by atoms with E-state index in [-0.39, 0.29) is 0 Å².